The summed E-state index contributed by atoms with van der Waals surface area (Å²) in [4.78, 5) is 26.0. The molecule has 3 aromatic rings. The molecule has 0 spiro atoms. The van der Waals surface area contributed by atoms with Crippen LogP contribution in [0, 0.1) is 11.3 Å². The van der Waals surface area contributed by atoms with Crippen molar-refractivity contribution in [3.05, 3.63) is 94.6 Å². The van der Waals surface area contributed by atoms with E-state index in [0.29, 0.717) is 44.9 Å². The molecule has 3 N–H and O–H groups in total. The molecule has 0 saturated carbocycles. The van der Waals surface area contributed by atoms with Gasteiger partial charge in [-0.1, -0.05) is 11.8 Å². The van der Waals surface area contributed by atoms with Crippen LogP contribution in [0.25, 0.3) is 0 Å². The van der Waals surface area contributed by atoms with Gasteiger partial charge in [-0.2, -0.15) is 5.26 Å². The molecular formula is C28H26N4O5S. The zero-order valence-electron chi connectivity index (χ0n) is 21.0. The highest BCUT2D eigenvalue weighted by molar-refractivity contribution is 8.03. The van der Waals surface area contributed by atoms with Gasteiger partial charge in [-0.3, -0.25) is 9.59 Å². The second-order valence-corrected chi connectivity index (χ2v) is 9.20. The van der Waals surface area contributed by atoms with Crippen LogP contribution >= 0.6 is 11.8 Å². The average Bonchev–Trinajstić information content (AvgIpc) is 3.47. The second kappa shape index (κ2) is 12.1. The van der Waals surface area contributed by atoms with Gasteiger partial charge in [-0.25, -0.2) is 0 Å². The number of ether oxygens (including phenoxy) is 2. The Hall–Kier alpha value is -4.62. The summed E-state index contributed by atoms with van der Waals surface area (Å²) in [7, 11) is 3.14. The Labute approximate surface area is 224 Å². The van der Waals surface area contributed by atoms with Crippen LogP contribution in [-0.2, 0) is 9.59 Å². The Kier molecular flexibility index (Phi) is 8.40. The first-order chi connectivity index (χ1) is 18.4. The van der Waals surface area contributed by atoms with Crippen LogP contribution < -0.4 is 25.4 Å². The van der Waals surface area contributed by atoms with Crippen molar-refractivity contribution in [3.8, 4) is 17.6 Å². The maximum absolute atomic E-state index is 13.4. The molecule has 1 aliphatic rings. The third-order valence-corrected chi connectivity index (χ3v) is 6.81. The number of nitrogens with zero attached hydrogens (tertiary/aromatic N) is 1. The van der Waals surface area contributed by atoms with Crippen molar-refractivity contribution in [2.24, 2.45) is 0 Å². The number of amides is 2. The van der Waals surface area contributed by atoms with Gasteiger partial charge in [-0.15, -0.1) is 0 Å². The Morgan fingerprint density at radius 1 is 1.00 bits per heavy atom. The Morgan fingerprint density at radius 2 is 1.61 bits per heavy atom. The van der Waals surface area contributed by atoms with Gasteiger partial charge in [0.25, 0.3) is 5.91 Å². The summed E-state index contributed by atoms with van der Waals surface area (Å²) in [5.74, 6) is 0.473. The number of rotatable bonds is 9. The summed E-state index contributed by atoms with van der Waals surface area (Å²) in [6, 6.07) is 19.6. The molecule has 1 atom stereocenters. The molecule has 4 rings (SSSR count). The molecule has 0 aliphatic carbocycles. The fourth-order valence-corrected chi connectivity index (χ4v) is 4.84. The molecule has 1 aliphatic heterocycles. The first kappa shape index (κ1) is 26.4. The minimum atomic E-state index is -0.748. The lowest BCUT2D eigenvalue weighted by Crippen LogP contribution is -2.31. The molecule has 0 fully saturated rings. The molecular weight excluding hydrogens is 504 g/mol. The van der Waals surface area contributed by atoms with Crippen LogP contribution in [0.1, 0.15) is 18.6 Å². The number of benzene rings is 2. The predicted molar refractivity (Wildman–Crippen MR) is 146 cm³/mol. The van der Waals surface area contributed by atoms with Gasteiger partial charge < -0.3 is 29.8 Å². The van der Waals surface area contributed by atoms with Crippen LogP contribution in [-0.4, -0.2) is 31.8 Å². The number of nitriles is 1. The zero-order chi connectivity index (χ0) is 27.1. The molecule has 0 radical (unpaired) electrons. The summed E-state index contributed by atoms with van der Waals surface area (Å²) in [6.07, 6.45) is 1.50. The van der Waals surface area contributed by atoms with Crippen LogP contribution in [0.5, 0.6) is 11.5 Å². The van der Waals surface area contributed by atoms with Gasteiger partial charge in [0, 0.05) is 17.1 Å². The number of anilines is 2. The summed E-state index contributed by atoms with van der Waals surface area (Å²) < 4.78 is 16.0. The molecule has 2 heterocycles. The van der Waals surface area contributed by atoms with Gasteiger partial charge in [0.15, 0.2) is 0 Å². The van der Waals surface area contributed by atoms with Crippen molar-refractivity contribution in [1.29, 1.82) is 5.26 Å². The highest BCUT2D eigenvalue weighted by Gasteiger charge is 2.36. The van der Waals surface area contributed by atoms with E-state index in [-0.39, 0.29) is 23.1 Å². The van der Waals surface area contributed by atoms with E-state index in [1.54, 1.807) is 81.8 Å². The van der Waals surface area contributed by atoms with Gasteiger partial charge in [0.1, 0.15) is 17.3 Å². The van der Waals surface area contributed by atoms with Crippen molar-refractivity contribution >= 4 is 35.0 Å². The van der Waals surface area contributed by atoms with E-state index in [0.717, 1.165) is 0 Å². The summed E-state index contributed by atoms with van der Waals surface area (Å²) in [5, 5.41) is 19.5. The molecule has 0 bridgehead atoms. The molecule has 2 aromatic carbocycles. The highest BCUT2D eigenvalue weighted by Crippen LogP contribution is 2.41. The topological polar surface area (TPSA) is 126 Å². The van der Waals surface area contributed by atoms with E-state index in [1.807, 2.05) is 0 Å². The SMILES string of the molecule is COc1ccc(NC(=O)CSC2=C(C#N)C(c3ccco3)C(C(=O)Nc3ccc(OC)cc3)=C(C)N2)cc1. The quantitative estimate of drug-likeness (QED) is 0.353. The largest absolute Gasteiger partial charge is 0.497 e. The van der Waals surface area contributed by atoms with Crippen molar-refractivity contribution in [2.75, 3.05) is 30.6 Å². The number of thioether (sulfide) groups is 1. The minimum Gasteiger partial charge on any atom is -0.497 e. The zero-order valence-corrected chi connectivity index (χ0v) is 21.8. The van der Waals surface area contributed by atoms with Crippen molar-refractivity contribution in [1.82, 2.24) is 5.32 Å². The molecule has 1 unspecified atom stereocenters. The summed E-state index contributed by atoms with van der Waals surface area (Å²) in [5.41, 5.74) is 2.39. The van der Waals surface area contributed by atoms with Crippen molar-refractivity contribution < 1.29 is 23.5 Å². The monoisotopic (exact) mass is 530 g/mol. The number of methoxy groups -OCH3 is 2. The Balaban J connectivity index is 1.54. The van der Waals surface area contributed by atoms with Gasteiger partial charge in [0.05, 0.1) is 54.4 Å². The van der Waals surface area contributed by atoms with Crippen LogP contribution in [0.4, 0.5) is 11.4 Å². The van der Waals surface area contributed by atoms with E-state index >= 15 is 0 Å². The van der Waals surface area contributed by atoms with Crippen molar-refractivity contribution in [2.45, 2.75) is 12.8 Å². The number of dihydropyridines is 1. The fraction of sp³-hybridized carbons (Fsp3) is 0.179. The Morgan fingerprint density at radius 3 is 2.13 bits per heavy atom. The normalized spacial score (nSPS) is 14.8. The fourth-order valence-electron chi connectivity index (χ4n) is 3.95. The summed E-state index contributed by atoms with van der Waals surface area (Å²) in [6.45, 7) is 1.75. The molecule has 0 saturated heterocycles. The van der Waals surface area contributed by atoms with Gasteiger partial charge in [-0.05, 0) is 67.6 Å². The number of nitrogens with one attached hydrogen (secondary N) is 3. The molecule has 38 heavy (non-hydrogen) atoms. The maximum Gasteiger partial charge on any atom is 0.254 e. The van der Waals surface area contributed by atoms with E-state index in [9.17, 15) is 14.9 Å². The minimum absolute atomic E-state index is 0.0467. The number of carbonyl (C=O) groups is 2. The third-order valence-electron chi connectivity index (χ3n) is 5.79. The predicted octanol–water partition coefficient (Wildman–Crippen LogP) is 5.00. The van der Waals surface area contributed by atoms with E-state index in [4.69, 9.17) is 13.9 Å². The summed E-state index contributed by atoms with van der Waals surface area (Å²) >= 11 is 1.18. The van der Waals surface area contributed by atoms with Gasteiger partial charge in [0.2, 0.25) is 5.91 Å². The van der Waals surface area contributed by atoms with Crippen LogP contribution in [0.3, 0.4) is 0 Å². The maximum atomic E-state index is 13.4. The second-order valence-electron chi connectivity index (χ2n) is 8.21. The highest BCUT2D eigenvalue weighted by atomic mass is 32.2. The first-order valence-corrected chi connectivity index (χ1v) is 12.6. The number of allylic oxidation sites excluding steroid dienone is 2. The van der Waals surface area contributed by atoms with Crippen molar-refractivity contribution in [3.63, 3.8) is 0 Å². The smallest absolute Gasteiger partial charge is 0.254 e. The van der Waals surface area contributed by atoms with E-state index < -0.39 is 5.92 Å². The standard InChI is InChI=1S/C28H26N4O5S/c1-17-25(27(34)32-19-8-12-21(36-3)13-9-19)26(23-5-4-14-37-23)22(15-29)28(30-17)38-16-24(33)31-18-6-10-20(35-2)11-7-18/h4-14,26,30H,16H2,1-3H3,(H,31,33)(H,32,34). The lowest BCUT2D eigenvalue weighted by molar-refractivity contribution is -0.114. The number of hydrogen-bond acceptors (Lipinski definition) is 8. The number of carbonyl (C=O) groups excluding carboxylic acids is 2. The third kappa shape index (κ3) is 6.02. The lowest BCUT2D eigenvalue weighted by atomic mass is 9.85. The van der Waals surface area contributed by atoms with E-state index in [2.05, 4.69) is 22.0 Å². The molecule has 9 nitrogen and oxygen atoms in total. The molecule has 194 valence electrons. The Bertz CT molecular complexity index is 1400. The van der Waals surface area contributed by atoms with Crippen LogP contribution in [0.2, 0.25) is 0 Å². The number of hydrogen-bond donors (Lipinski definition) is 3. The average molecular weight is 531 g/mol. The number of furan rings is 1. The van der Waals surface area contributed by atoms with Gasteiger partial charge >= 0.3 is 0 Å². The molecule has 2 amide bonds. The molecule has 1 aromatic heterocycles. The lowest BCUT2D eigenvalue weighted by Gasteiger charge is -2.28. The molecule has 10 heteroatoms. The van der Waals surface area contributed by atoms with E-state index in [1.165, 1.54) is 18.0 Å². The van der Waals surface area contributed by atoms with Crippen LogP contribution in [0.15, 0.2) is 93.2 Å². The first-order valence-electron chi connectivity index (χ1n) is 11.6.